The summed E-state index contributed by atoms with van der Waals surface area (Å²) < 4.78 is 1.56. The van der Waals surface area contributed by atoms with Crippen LogP contribution in [0.2, 0.25) is 0 Å². The number of nitrogens with zero attached hydrogens (tertiary/aromatic N) is 3. The molecule has 3 rings (SSSR count). The van der Waals surface area contributed by atoms with E-state index in [-0.39, 0.29) is 11.7 Å². The van der Waals surface area contributed by atoms with Gasteiger partial charge in [-0.2, -0.15) is 10.4 Å². The number of carbonyl (C=O) groups is 1. The molecule has 0 atom stereocenters. The summed E-state index contributed by atoms with van der Waals surface area (Å²) in [6, 6.07) is 21.1. The van der Waals surface area contributed by atoms with E-state index in [0.29, 0.717) is 11.4 Å². The average molecular weight is 334 g/mol. The number of hydrogen-bond acceptors (Lipinski definition) is 4. The van der Waals surface area contributed by atoms with Gasteiger partial charge in [0.1, 0.15) is 11.6 Å². The van der Waals surface area contributed by atoms with Gasteiger partial charge >= 0.3 is 0 Å². The molecular formula is C18H14N4OS. The lowest BCUT2D eigenvalue weighted by Crippen LogP contribution is -2.17. The largest absolute Gasteiger partial charge is 0.309 e. The van der Waals surface area contributed by atoms with Crippen molar-refractivity contribution in [2.75, 3.05) is 11.1 Å². The van der Waals surface area contributed by atoms with E-state index >= 15 is 0 Å². The van der Waals surface area contributed by atoms with E-state index in [0.717, 1.165) is 10.6 Å². The van der Waals surface area contributed by atoms with Crippen LogP contribution in [0.3, 0.4) is 0 Å². The van der Waals surface area contributed by atoms with Crippen LogP contribution in [0.5, 0.6) is 0 Å². The molecular weight excluding hydrogens is 320 g/mol. The Bertz CT molecular complexity index is 869. The molecule has 0 bridgehead atoms. The maximum atomic E-state index is 12.3. The van der Waals surface area contributed by atoms with Gasteiger partial charge in [-0.15, -0.1) is 11.8 Å². The molecule has 0 aliphatic heterocycles. The fourth-order valence-electron chi connectivity index (χ4n) is 2.15. The Hall–Kier alpha value is -3.04. The van der Waals surface area contributed by atoms with Gasteiger partial charge in [-0.05, 0) is 24.3 Å². The van der Waals surface area contributed by atoms with E-state index in [1.165, 1.54) is 18.0 Å². The predicted octanol–water partition coefficient (Wildman–Crippen LogP) is 3.47. The van der Waals surface area contributed by atoms with Crippen LogP contribution in [0.25, 0.3) is 5.69 Å². The minimum atomic E-state index is -0.182. The van der Waals surface area contributed by atoms with Crippen molar-refractivity contribution in [3.8, 4) is 11.8 Å². The van der Waals surface area contributed by atoms with Gasteiger partial charge < -0.3 is 5.32 Å². The monoisotopic (exact) mass is 334 g/mol. The van der Waals surface area contributed by atoms with Crippen LogP contribution >= 0.6 is 11.8 Å². The van der Waals surface area contributed by atoms with E-state index in [1.807, 2.05) is 60.7 Å². The predicted molar refractivity (Wildman–Crippen MR) is 94.1 cm³/mol. The van der Waals surface area contributed by atoms with Crippen molar-refractivity contribution in [3.63, 3.8) is 0 Å². The smallest absolute Gasteiger partial charge is 0.235 e. The van der Waals surface area contributed by atoms with Crippen molar-refractivity contribution in [3.05, 3.63) is 72.4 Å². The van der Waals surface area contributed by atoms with Gasteiger partial charge in [0.05, 0.1) is 17.6 Å². The molecule has 24 heavy (non-hydrogen) atoms. The minimum Gasteiger partial charge on any atom is -0.309 e. The minimum absolute atomic E-state index is 0.182. The number of amides is 1. The first-order valence-electron chi connectivity index (χ1n) is 7.29. The lowest BCUT2D eigenvalue weighted by atomic mass is 10.3. The van der Waals surface area contributed by atoms with Gasteiger partial charge in [-0.3, -0.25) is 4.79 Å². The number of nitriles is 1. The van der Waals surface area contributed by atoms with Gasteiger partial charge in [0.15, 0.2) is 5.82 Å². The third kappa shape index (κ3) is 3.65. The molecule has 0 spiro atoms. The number of rotatable bonds is 5. The van der Waals surface area contributed by atoms with Gasteiger partial charge in [0.25, 0.3) is 0 Å². The number of hydrogen-bond donors (Lipinski definition) is 1. The standard InChI is InChI=1S/C18H14N4OS/c19-11-14-12-20-22(15-7-3-1-4-8-15)18(14)21-17(23)13-24-16-9-5-2-6-10-16/h1-10,12H,13H2,(H,21,23). The molecule has 1 N–H and O–H groups in total. The third-order valence-corrected chi connectivity index (χ3v) is 4.27. The SMILES string of the molecule is N#Cc1cnn(-c2ccccc2)c1NC(=O)CSc1ccccc1. The number of thioether (sulfide) groups is 1. The third-order valence-electron chi connectivity index (χ3n) is 3.26. The first-order chi connectivity index (χ1) is 11.8. The zero-order valence-corrected chi connectivity index (χ0v) is 13.5. The van der Waals surface area contributed by atoms with Crippen molar-refractivity contribution in [1.29, 1.82) is 5.26 Å². The molecule has 0 aliphatic rings. The number of benzene rings is 2. The Morgan fingerprint density at radius 3 is 2.46 bits per heavy atom. The summed E-state index contributed by atoms with van der Waals surface area (Å²) >= 11 is 1.44. The van der Waals surface area contributed by atoms with Crippen molar-refractivity contribution in [2.24, 2.45) is 0 Å². The number of carbonyl (C=O) groups excluding carboxylic acids is 1. The summed E-state index contributed by atoms with van der Waals surface area (Å²) in [5.74, 6) is 0.467. The van der Waals surface area contributed by atoms with Gasteiger partial charge in [-0.1, -0.05) is 36.4 Å². The fraction of sp³-hybridized carbons (Fsp3) is 0.0556. The molecule has 1 aromatic heterocycles. The highest BCUT2D eigenvalue weighted by Gasteiger charge is 2.15. The second kappa shape index (κ2) is 7.49. The molecule has 0 saturated heterocycles. The zero-order valence-electron chi connectivity index (χ0n) is 12.7. The average Bonchev–Trinajstić information content (AvgIpc) is 3.04. The normalized spacial score (nSPS) is 10.1. The van der Waals surface area contributed by atoms with Gasteiger partial charge in [0, 0.05) is 4.90 Å². The Morgan fingerprint density at radius 2 is 1.79 bits per heavy atom. The lowest BCUT2D eigenvalue weighted by Gasteiger charge is -2.09. The highest BCUT2D eigenvalue weighted by molar-refractivity contribution is 8.00. The molecule has 1 amide bonds. The molecule has 0 saturated carbocycles. The molecule has 118 valence electrons. The quantitative estimate of drug-likeness (QED) is 0.725. The van der Waals surface area contributed by atoms with E-state index in [9.17, 15) is 10.1 Å². The van der Waals surface area contributed by atoms with Crippen LogP contribution in [0.1, 0.15) is 5.56 Å². The van der Waals surface area contributed by atoms with Crippen molar-refractivity contribution in [1.82, 2.24) is 9.78 Å². The van der Waals surface area contributed by atoms with E-state index in [2.05, 4.69) is 16.5 Å². The summed E-state index contributed by atoms with van der Waals surface area (Å²) in [5.41, 5.74) is 1.11. The summed E-state index contributed by atoms with van der Waals surface area (Å²) in [4.78, 5) is 13.3. The molecule has 0 fully saturated rings. The molecule has 0 aliphatic carbocycles. The highest BCUT2D eigenvalue weighted by Crippen LogP contribution is 2.21. The van der Waals surface area contributed by atoms with E-state index < -0.39 is 0 Å². The summed E-state index contributed by atoms with van der Waals surface area (Å²) in [7, 11) is 0. The number of aromatic nitrogens is 2. The van der Waals surface area contributed by atoms with Gasteiger partial charge in [0.2, 0.25) is 5.91 Å². The first kappa shape index (κ1) is 15.8. The number of anilines is 1. The molecule has 6 heteroatoms. The van der Waals surface area contributed by atoms with Crippen LogP contribution in [0.4, 0.5) is 5.82 Å². The Kier molecular flexibility index (Phi) is 4.94. The first-order valence-corrected chi connectivity index (χ1v) is 8.28. The topological polar surface area (TPSA) is 70.7 Å². The molecule has 3 aromatic rings. The maximum absolute atomic E-state index is 12.3. The molecule has 0 unspecified atom stereocenters. The Balaban J connectivity index is 1.76. The summed E-state index contributed by atoms with van der Waals surface area (Å²) in [6.45, 7) is 0. The second-order valence-corrected chi connectivity index (χ2v) is 5.96. The fourth-order valence-corrected chi connectivity index (χ4v) is 2.87. The van der Waals surface area contributed by atoms with Gasteiger partial charge in [-0.25, -0.2) is 4.68 Å². The van der Waals surface area contributed by atoms with Crippen LogP contribution in [-0.4, -0.2) is 21.4 Å². The number of para-hydroxylation sites is 1. The molecule has 5 nitrogen and oxygen atoms in total. The van der Waals surface area contributed by atoms with Crippen LogP contribution in [0.15, 0.2) is 71.8 Å². The maximum Gasteiger partial charge on any atom is 0.235 e. The highest BCUT2D eigenvalue weighted by atomic mass is 32.2. The zero-order chi connectivity index (χ0) is 16.8. The molecule has 0 radical (unpaired) electrons. The van der Waals surface area contributed by atoms with Crippen LogP contribution < -0.4 is 5.32 Å². The molecule has 2 aromatic carbocycles. The van der Waals surface area contributed by atoms with Crippen molar-refractivity contribution >= 4 is 23.5 Å². The summed E-state index contributed by atoms with van der Waals surface area (Å²) in [6.07, 6.45) is 1.45. The van der Waals surface area contributed by atoms with Crippen molar-refractivity contribution < 1.29 is 4.79 Å². The van der Waals surface area contributed by atoms with Crippen LogP contribution in [-0.2, 0) is 4.79 Å². The Labute approximate surface area is 143 Å². The second-order valence-electron chi connectivity index (χ2n) is 4.92. The summed E-state index contributed by atoms with van der Waals surface area (Å²) in [5, 5.41) is 16.2. The lowest BCUT2D eigenvalue weighted by molar-refractivity contribution is -0.113. The van der Waals surface area contributed by atoms with Crippen molar-refractivity contribution in [2.45, 2.75) is 4.90 Å². The van der Waals surface area contributed by atoms with Crippen LogP contribution in [0, 0.1) is 11.3 Å². The molecule has 1 heterocycles. The van der Waals surface area contributed by atoms with E-state index in [1.54, 1.807) is 4.68 Å². The number of nitrogens with one attached hydrogen (secondary N) is 1. The van der Waals surface area contributed by atoms with E-state index in [4.69, 9.17) is 0 Å². The Morgan fingerprint density at radius 1 is 1.12 bits per heavy atom.